The van der Waals surface area contributed by atoms with E-state index in [0.29, 0.717) is 17.0 Å². The zero-order valence-corrected chi connectivity index (χ0v) is 11.9. The summed E-state index contributed by atoms with van der Waals surface area (Å²) in [6, 6.07) is 5.36. The quantitative estimate of drug-likeness (QED) is 0.846. The third-order valence-electron chi connectivity index (χ3n) is 3.59. The summed E-state index contributed by atoms with van der Waals surface area (Å²) in [5, 5.41) is 3.59. The fourth-order valence-corrected chi connectivity index (χ4v) is 2.26. The highest BCUT2D eigenvalue weighted by Gasteiger charge is 2.31. The number of hydrogen-bond donors (Lipinski definition) is 2. The first-order valence-electron chi connectivity index (χ1n) is 6.73. The maximum absolute atomic E-state index is 12.0. The van der Waals surface area contributed by atoms with Crippen LogP contribution in [0, 0.1) is 5.92 Å². The molecular weight excluding hydrogens is 272 g/mol. The summed E-state index contributed by atoms with van der Waals surface area (Å²) in [4.78, 5) is 26.9. The lowest BCUT2D eigenvalue weighted by Crippen LogP contribution is -2.16. The van der Waals surface area contributed by atoms with Crippen LogP contribution >= 0.6 is 0 Å². The molecule has 1 aromatic carbocycles. The number of fused-ring (bicyclic) bond motifs is 1. The number of anilines is 1. The molecule has 1 amide bonds. The largest absolute Gasteiger partial charge is 0.497 e. The van der Waals surface area contributed by atoms with Gasteiger partial charge in [0.25, 0.3) is 0 Å². The van der Waals surface area contributed by atoms with E-state index in [1.54, 1.807) is 25.3 Å². The summed E-state index contributed by atoms with van der Waals surface area (Å²) < 4.78 is 9.93. The number of methoxy groups -OCH3 is 2. The molecular formula is C15H16N2O4. The molecule has 0 aliphatic heterocycles. The van der Waals surface area contributed by atoms with Crippen LogP contribution in [0.4, 0.5) is 5.69 Å². The second-order valence-electron chi connectivity index (χ2n) is 5.04. The van der Waals surface area contributed by atoms with Crippen molar-refractivity contribution in [3.8, 4) is 5.75 Å². The first kappa shape index (κ1) is 13.5. The molecule has 0 radical (unpaired) electrons. The standard InChI is InChI=1S/C15H16N2O4/c1-20-9-5-6-10-11(7-9)16-13(15(19)21-2)12(10)17-14(18)8-3-4-8/h5-8,16H,3-4H2,1-2H3,(H,17,18). The Kier molecular flexibility index (Phi) is 3.29. The van der Waals surface area contributed by atoms with Crippen LogP contribution in [0.25, 0.3) is 10.9 Å². The van der Waals surface area contributed by atoms with Crippen LogP contribution in [-0.4, -0.2) is 31.1 Å². The lowest BCUT2D eigenvalue weighted by molar-refractivity contribution is -0.117. The van der Waals surface area contributed by atoms with Gasteiger partial charge in [-0.05, 0) is 25.0 Å². The van der Waals surface area contributed by atoms with Gasteiger partial charge in [-0.25, -0.2) is 4.79 Å². The second-order valence-corrected chi connectivity index (χ2v) is 5.04. The van der Waals surface area contributed by atoms with Gasteiger partial charge in [0.2, 0.25) is 5.91 Å². The van der Waals surface area contributed by atoms with E-state index in [4.69, 9.17) is 9.47 Å². The normalized spacial score (nSPS) is 14.0. The Labute approximate surface area is 121 Å². The summed E-state index contributed by atoms with van der Waals surface area (Å²) in [5.41, 5.74) is 1.42. The number of ether oxygens (including phenoxy) is 2. The maximum atomic E-state index is 12.0. The second kappa shape index (κ2) is 5.12. The molecule has 2 aromatic rings. The minimum absolute atomic E-state index is 0.0543. The Balaban J connectivity index is 2.08. The highest BCUT2D eigenvalue weighted by Crippen LogP contribution is 2.34. The lowest BCUT2D eigenvalue weighted by Gasteiger charge is -2.05. The van der Waals surface area contributed by atoms with Crippen LogP contribution in [0.2, 0.25) is 0 Å². The van der Waals surface area contributed by atoms with Crippen LogP contribution in [-0.2, 0) is 9.53 Å². The Morgan fingerprint density at radius 1 is 1.29 bits per heavy atom. The van der Waals surface area contributed by atoms with Gasteiger partial charge in [0.05, 0.1) is 25.4 Å². The molecule has 0 atom stereocenters. The van der Waals surface area contributed by atoms with Crippen molar-refractivity contribution in [3.05, 3.63) is 23.9 Å². The number of carbonyl (C=O) groups excluding carboxylic acids is 2. The molecule has 1 fully saturated rings. The van der Waals surface area contributed by atoms with Crippen molar-refractivity contribution in [1.82, 2.24) is 4.98 Å². The molecule has 1 heterocycles. The lowest BCUT2D eigenvalue weighted by atomic mass is 10.2. The van der Waals surface area contributed by atoms with Gasteiger partial charge in [-0.15, -0.1) is 0 Å². The van der Waals surface area contributed by atoms with Crippen LogP contribution in [0.1, 0.15) is 23.3 Å². The maximum Gasteiger partial charge on any atom is 0.356 e. The van der Waals surface area contributed by atoms with Crippen molar-refractivity contribution in [2.45, 2.75) is 12.8 Å². The van der Waals surface area contributed by atoms with E-state index in [2.05, 4.69) is 10.3 Å². The predicted octanol–water partition coefficient (Wildman–Crippen LogP) is 2.31. The molecule has 2 N–H and O–H groups in total. The minimum Gasteiger partial charge on any atom is -0.497 e. The monoisotopic (exact) mass is 288 g/mol. The molecule has 0 saturated heterocycles. The van der Waals surface area contributed by atoms with E-state index in [-0.39, 0.29) is 17.5 Å². The first-order valence-corrected chi connectivity index (χ1v) is 6.73. The number of esters is 1. The minimum atomic E-state index is -0.517. The molecule has 6 nitrogen and oxygen atoms in total. The van der Waals surface area contributed by atoms with Gasteiger partial charge in [-0.1, -0.05) is 0 Å². The summed E-state index contributed by atoms with van der Waals surface area (Å²) in [7, 11) is 2.88. The number of rotatable bonds is 4. The molecule has 0 bridgehead atoms. The van der Waals surface area contributed by atoms with Crippen LogP contribution in [0.3, 0.4) is 0 Å². The zero-order chi connectivity index (χ0) is 15.0. The van der Waals surface area contributed by atoms with Crippen LogP contribution in [0.5, 0.6) is 5.75 Å². The first-order chi connectivity index (χ1) is 10.1. The molecule has 1 aliphatic rings. The van der Waals surface area contributed by atoms with Crippen molar-refractivity contribution in [2.75, 3.05) is 19.5 Å². The number of aromatic nitrogens is 1. The molecule has 1 saturated carbocycles. The van der Waals surface area contributed by atoms with E-state index in [1.807, 2.05) is 0 Å². The van der Waals surface area contributed by atoms with Crippen molar-refractivity contribution in [2.24, 2.45) is 5.92 Å². The van der Waals surface area contributed by atoms with Crippen molar-refractivity contribution >= 4 is 28.5 Å². The number of aromatic amines is 1. The van der Waals surface area contributed by atoms with E-state index in [9.17, 15) is 9.59 Å². The van der Waals surface area contributed by atoms with E-state index < -0.39 is 5.97 Å². The third-order valence-corrected chi connectivity index (χ3v) is 3.59. The Morgan fingerprint density at radius 2 is 2.05 bits per heavy atom. The molecule has 3 rings (SSSR count). The van der Waals surface area contributed by atoms with Gasteiger partial charge in [-0.2, -0.15) is 0 Å². The summed E-state index contributed by atoms with van der Waals surface area (Å²) in [6.45, 7) is 0. The van der Waals surface area contributed by atoms with E-state index in [0.717, 1.165) is 18.2 Å². The van der Waals surface area contributed by atoms with Gasteiger partial charge >= 0.3 is 5.97 Å². The van der Waals surface area contributed by atoms with Crippen molar-refractivity contribution in [1.29, 1.82) is 0 Å². The van der Waals surface area contributed by atoms with E-state index >= 15 is 0 Å². The van der Waals surface area contributed by atoms with Crippen molar-refractivity contribution < 1.29 is 19.1 Å². The summed E-state index contributed by atoms with van der Waals surface area (Å²) in [6.07, 6.45) is 1.80. The molecule has 0 spiro atoms. The molecule has 6 heteroatoms. The average molecular weight is 288 g/mol. The molecule has 1 aromatic heterocycles. The average Bonchev–Trinajstić information content (AvgIpc) is 3.29. The van der Waals surface area contributed by atoms with Gasteiger partial charge < -0.3 is 19.8 Å². The fraction of sp³-hybridized carbons (Fsp3) is 0.333. The van der Waals surface area contributed by atoms with Crippen LogP contribution < -0.4 is 10.1 Å². The molecule has 110 valence electrons. The number of nitrogens with one attached hydrogen (secondary N) is 2. The highest BCUT2D eigenvalue weighted by atomic mass is 16.5. The molecule has 1 aliphatic carbocycles. The van der Waals surface area contributed by atoms with Crippen molar-refractivity contribution in [3.63, 3.8) is 0 Å². The zero-order valence-electron chi connectivity index (χ0n) is 11.9. The summed E-state index contributed by atoms with van der Waals surface area (Å²) >= 11 is 0. The van der Waals surface area contributed by atoms with Gasteiger partial charge in [-0.3, -0.25) is 4.79 Å². The number of hydrogen-bond acceptors (Lipinski definition) is 4. The Bertz CT molecular complexity index is 716. The number of benzene rings is 1. The Morgan fingerprint density at radius 3 is 2.67 bits per heavy atom. The Hall–Kier alpha value is -2.50. The van der Waals surface area contributed by atoms with Gasteiger partial charge in [0, 0.05) is 17.4 Å². The van der Waals surface area contributed by atoms with Crippen LogP contribution in [0.15, 0.2) is 18.2 Å². The van der Waals surface area contributed by atoms with Gasteiger partial charge in [0.15, 0.2) is 0 Å². The highest BCUT2D eigenvalue weighted by molar-refractivity contribution is 6.11. The summed E-state index contributed by atoms with van der Waals surface area (Å²) in [5.74, 6) is 0.145. The van der Waals surface area contributed by atoms with E-state index in [1.165, 1.54) is 7.11 Å². The number of H-pyrrole nitrogens is 1. The molecule has 21 heavy (non-hydrogen) atoms. The molecule has 0 unspecified atom stereocenters. The SMILES string of the molecule is COC(=O)c1[nH]c2cc(OC)ccc2c1NC(=O)C1CC1. The third kappa shape index (κ3) is 2.44. The van der Waals surface area contributed by atoms with Gasteiger partial charge in [0.1, 0.15) is 11.4 Å². The topological polar surface area (TPSA) is 80.4 Å². The smallest absolute Gasteiger partial charge is 0.356 e. The fourth-order valence-electron chi connectivity index (χ4n) is 2.26. The number of amides is 1. The predicted molar refractivity (Wildman–Crippen MR) is 77.5 cm³/mol. The number of carbonyl (C=O) groups is 2.